The van der Waals surface area contributed by atoms with Gasteiger partial charge in [0, 0.05) is 0 Å². The molecule has 0 spiro atoms. The minimum atomic E-state index is 0.222. The second-order valence-electron chi connectivity index (χ2n) is 12.4. The number of halogens is 1. The fourth-order valence-corrected chi connectivity index (χ4v) is 12.1. The van der Waals surface area contributed by atoms with Gasteiger partial charge in [-0.1, -0.05) is 46.3 Å². The van der Waals surface area contributed by atoms with Gasteiger partial charge in [0.2, 0.25) is 0 Å². The zero-order valence-corrected chi connectivity index (χ0v) is 18.8. The summed E-state index contributed by atoms with van der Waals surface area (Å²) in [6.45, 7) is 0. The van der Waals surface area contributed by atoms with E-state index in [1.807, 2.05) is 0 Å². The maximum Gasteiger partial charge on any atom is 0.0618 e. The van der Waals surface area contributed by atoms with Crippen LogP contribution in [0.5, 0.6) is 0 Å². The van der Waals surface area contributed by atoms with Crippen LogP contribution in [0.4, 0.5) is 0 Å². The smallest absolute Gasteiger partial charge is 0.0618 e. The van der Waals surface area contributed by atoms with Crippen LogP contribution >= 0.6 is 15.9 Å². The highest BCUT2D eigenvalue weighted by Crippen LogP contribution is 2.77. The number of alkyl halides is 1. The van der Waals surface area contributed by atoms with E-state index in [-0.39, 0.29) is 4.32 Å². The molecule has 0 radical (unpaired) electrons. The molecular formula is C27H35Br. The summed E-state index contributed by atoms with van der Waals surface area (Å²) in [6, 6.07) is 11.9. The maximum atomic E-state index is 4.77. The molecular weight excluding hydrogens is 404 g/mol. The average Bonchev–Trinajstić information content (AvgIpc) is 2.66. The Kier molecular flexibility index (Phi) is 3.53. The van der Waals surface area contributed by atoms with Gasteiger partial charge in [-0.05, 0) is 129 Å². The second-order valence-corrected chi connectivity index (χ2v) is 13.6. The Bertz CT molecular complexity index is 662. The van der Waals surface area contributed by atoms with Gasteiger partial charge in [0.25, 0.3) is 0 Å². The number of hydrogen-bond donors (Lipinski definition) is 0. The van der Waals surface area contributed by atoms with Crippen LogP contribution < -0.4 is 0 Å². The Morgan fingerprint density at radius 3 is 1.21 bits per heavy atom. The summed E-state index contributed by atoms with van der Waals surface area (Å²) in [7, 11) is 0. The van der Waals surface area contributed by atoms with Gasteiger partial charge in [-0.2, -0.15) is 0 Å². The van der Waals surface area contributed by atoms with Crippen LogP contribution in [0.2, 0.25) is 0 Å². The van der Waals surface area contributed by atoms with Crippen LogP contribution in [0, 0.1) is 46.3 Å². The first kappa shape index (κ1) is 17.4. The molecule has 1 aromatic carbocycles. The van der Waals surface area contributed by atoms with E-state index in [4.69, 9.17) is 15.9 Å². The molecule has 8 aliphatic carbocycles. The van der Waals surface area contributed by atoms with Crippen molar-refractivity contribution in [1.82, 2.24) is 0 Å². The van der Waals surface area contributed by atoms with Crippen LogP contribution in [0.1, 0.15) is 82.6 Å². The zero-order chi connectivity index (χ0) is 18.6. The van der Waals surface area contributed by atoms with E-state index < -0.39 is 0 Å². The van der Waals surface area contributed by atoms with Gasteiger partial charge < -0.3 is 0 Å². The summed E-state index contributed by atoms with van der Waals surface area (Å²) in [4.78, 5) is 0. The highest BCUT2D eigenvalue weighted by molar-refractivity contribution is 9.09. The molecule has 0 heterocycles. The summed E-state index contributed by atoms with van der Waals surface area (Å²) in [5.41, 5.74) is 2.70. The van der Waals surface area contributed by atoms with E-state index in [1.54, 1.807) is 44.1 Å². The van der Waals surface area contributed by atoms with Crippen LogP contribution in [0.25, 0.3) is 0 Å². The SMILES string of the molecule is BrC(c1ccccc1)(C12CC3CC(CC(C3)C1)C2)C12CC3CC(CC(C3)C1)C2. The fourth-order valence-electron chi connectivity index (χ4n) is 10.9. The summed E-state index contributed by atoms with van der Waals surface area (Å²) >= 11 is 4.77. The number of rotatable bonds is 3. The van der Waals surface area contributed by atoms with Gasteiger partial charge in [0.1, 0.15) is 0 Å². The summed E-state index contributed by atoms with van der Waals surface area (Å²) in [5.74, 6) is 6.17. The quantitative estimate of drug-likeness (QED) is 0.423. The number of benzene rings is 1. The Morgan fingerprint density at radius 1 is 0.571 bits per heavy atom. The molecule has 0 aliphatic heterocycles. The van der Waals surface area contributed by atoms with Crippen LogP contribution in [0.3, 0.4) is 0 Å². The van der Waals surface area contributed by atoms with Crippen molar-refractivity contribution in [2.24, 2.45) is 46.3 Å². The van der Waals surface area contributed by atoms with Gasteiger partial charge in [0.15, 0.2) is 0 Å². The van der Waals surface area contributed by atoms with Crippen molar-refractivity contribution >= 4 is 15.9 Å². The molecule has 8 aliphatic rings. The molecule has 0 nitrogen and oxygen atoms in total. The molecule has 150 valence electrons. The molecule has 0 N–H and O–H groups in total. The van der Waals surface area contributed by atoms with E-state index in [2.05, 4.69) is 30.3 Å². The van der Waals surface area contributed by atoms with Crippen molar-refractivity contribution in [1.29, 1.82) is 0 Å². The number of hydrogen-bond acceptors (Lipinski definition) is 0. The lowest BCUT2D eigenvalue weighted by molar-refractivity contribution is -0.155. The molecule has 0 aromatic heterocycles. The van der Waals surface area contributed by atoms with Crippen molar-refractivity contribution in [3.05, 3.63) is 35.9 Å². The van der Waals surface area contributed by atoms with E-state index in [9.17, 15) is 0 Å². The molecule has 28 heavy (non-hydrogen) atoms. The van der Waals surface area contributed by atoms with Gasteiger partial charge >= 0.3 is 0 Å². The largest absolute Gasteiger partial charge is 0.0789 e. The maximum absolute atomic E-state index is 4.77. The second kappa shape index (κ2) is 5.68. The van der Waals surface area contributed by atoms with E-state index in [0.717, 1.165) is 35.5 Å². The van der Waals surface area contributed by atoms with Crippen LogP contribution in [-0.4, -0.2) is 0 Å². The Hall–Kier alpha value is -0.300. The predicted molar refractivity (Wildman–Crippen MR) is 118 cm³/mol. The Balaban J connectivity index is 1.42. The molecule has 8 fully saturated rings. The minimum Gasteiger partial charge on any atom is -0.0789 e. The summed E-state index contributed by atoms with van der Waals surface area (Å²) in [6.07, 6.45) is 18.4. The molecule has 0 atom stereocenters. The Labute approximate surface area is 179 Å². The summed E-state index contributed by atoms with van der Waals surface area (Å²) in [5, 5.41) is 0. The van der Waals surface area contributed by atoms with Crippen LogP contribution in [-0.2, 0) is 4.32 Å². The standard InChI is InChI=1S/C27H35Br/c28-27(24-4-2-1-3-5-24,25-12-18-6-19(13-25)8-20(7-18)14-25)26-15-21-9-22(16-26)11-23(10-21)17-26/h1-5,18-23H,6-17H2. The normalized spacial score (nSPS) is 52.8. The van der Waals surface area contributed by atoms with Crippen molar-refractivity contribution in [3.63, 3.8) is 0 Å². The molecule has 0 unspecified atom stereocenters. The van der Waals surface area contributed by atoms with Crippen molar-refractivity contribution in [2.45, 2.75) is 81.4 Å². The lowest BCUT2D eigenvalue weighted by Gasteiger charge is -2.71. The van der Waals surface area contributed by atoms with Crippen molar-refractivity contribution < 1.29 is 0 Å². The van der Waals surface area contributed by atoms with Gasteiger partial charge in [-0.25, -0.2) is 0 Å². The van der Waals surface area contributed by atoms with Gasteiger partial charge in [-0.3, -0.25) is 0 Å². The van der Waals surface area contributed by atoms with E-state index in [1.165, 1.54) is 38.5 Å². The average molecular weight is 439 g/mol. The van der Waals surface area contributed by atoms with Crippen molar-refractivity contribution in [2.75, 3.05) is 0 Å². The lowest BCUT2D eigenvalue weighted by Crippen LogP contribution is -2.64. The molecule has 0 amide bonds. The molecule has 1 heteroatoms. The first-order valence-corrected chi connectivity index (χ1v) is 13.1. The monoisotopic (exact) mass is 438 g/mol. The van der Waals surface area contributed by atoms with Gasteiger partial charge in [-0.15, -0.1) is 0 Å². The van der Waals surface area contributed by atoms with Crippen molar-refractivity contribution in [3.8, 4) is 0 Å². The van der Waals surface area contributed by atoms with E-state index >= 15 is 0 Å². The Morgan fingerprint density at radius 2 is 0.893 bits per heavy atom. The third-order valence-corrected chi connectivity index (χ3v) is 12.8. The fraction of sp³-hybridized carbons (Fsp3) is 0.778. The van der Waals surface area contributed by atoms with E-state index in [0.29, 0.717) is 10.8 Å². The third-order valence-electron chi connectivity index (χ3n) is 10.7. The third kappa shape index (κ3) is 2.13. The molecule has 0 saturated heterocycles. The summed E-state index contributed by atoms with van der Waals surface area (Å²) < 4.78 is 0.222. The predicted octanol–water partition coefficient (Wildman–Crippen LogP) is 7.71. The molecule has 8 saturated carbocycles. The molecule has 9 rings (SSSR count). The lowest BCUT2D eigenvalue weighted by atomic mass is 9.37. The highest BCUT2D eigenvalue weighted by atomic mass is 79.9. The molecule has 8 bridgehead atoms. The first-order chi connectivity index (χ1) is 13.6. The first-order valence-electron chi connectivity index (χ1n) is 12.3. The topological polar surface area (TPSA) is 0 Å². The molecule has 1 aromatic rings. The zero-order valence-electron chi connectivity index (χ0n) is 17.2. The van der Waals surface area contributed by atoms with Crippen LogP contribution in [0.15, 0.2) is 30.3 Å². The minimum absolute atomic E-state index is 0.222. The van der Waals surface area contributed by atoms with Gasteiger partial charge in [0.05, 0.1) is 4.32 Å². The highest BCUT2D eigenvalue weighted by Gasteiger charge is 2.69.